The molecule has 0 fully saturated rings. The molecule has 2 rings (SSSR count). The van der Waals surface area contributed by atoms with E-state index >= 15 is 0 Å². The molecule has 0 radical (unpaired) electrons. The van der Waals surface area contributed by atoms with Gasteiger partial charge in [-0.1, -0.05) is 18.2 Å². The van der Waals surface area contributed by atoms with Crippen molar-refractivity contribution < 1.29 is 8.42 Å². The minimum atomic E-state index is -3.40. The number of sulfone groups is 1. The maximum Gasteiger partial charge on any atom is 0.197 e. The van der Waals surface area contributed by atoms with Crippen molar-refractivity contribution in [3.05, 3.63) is 29.8 Å². The molecule has 0 amide bonds. The molecule has 1 aromatic carbocycles. The second-order valence-electron chi connectivity index (χ2n) is 2.84. The molecule has 0 unspecified atom stereocenters. The minimum Gasteiger partial charge on any atom is -0.222 e. The Labute approximate surface area is 86.4 Å². The molecule has 0 bridgehead atoms. The Bertz CT molecular complexity index is 441. The predicted molar refractivity (Wildman–Crippen MR) is 51.9 cm³/mol. The van der Waals surface area contributed by atoms with E-state index in [-0.39, 0.29) is 4.90 Å². The van der Waals surface area contributed by atoms with Gasteiger partial charge in [-0.2, -0.15) is 0 Å². The van der Waals surface area contributed by atoms with Crippen molar-refractivity contribution >= 4 is 33.0 Å². The fourth-order valence-corrected chi connectivity index (χ4v) is 3.97. The van der Waals surface area contributed by atoms with Crippen LogP contribution in [0.15, 0.2) is 29.2 Å². The van der Waals surface area contributed by atoms with Gasteiger partial charge in [-0.25, -0.2) is 8.42 Å². The van der Waals surface area contributed by atoms with E-state index in [9.17, 15) is 8.42 Å². The molecule has 0 N–H and O–H groups in total. The Morgan fingerprint density at radius 2 is 1.77 bits per heavy atom. The minimum absolute atomic E-state index is 0.259. The number of hydrogen-bond donors (Lipinski definition) is 0. The van der Waals surface area contributed by atoms with Crippen LogP contribution in [-0.4, -0.2) is 13.1 Å². The Balaban J connectivity index is 2.76. The Kier molecular flexibility index (Phi) is 2.06. The van der Waals surface area contributed by atoms with Crippen LogP contribution in [0.5, 0.6) is 0 Å². The van der Waals surface area contributed by atoms with E-state index in [0.29, 0.717) is 5.56 Å². The number of benzene rings is 1. The van der Waals surface area contributed by atoms with Crippen LogP contribution in [0.1, 0.15) is 10.9 Å². The number of alkyl halides is 2. The molecule has 0 saturated carbocycles. The summed E-state index contributed by atoms with van der Waals surface area (Å²) in [6.07, 6.45) is 0. The summed E-state index contributed by atoms with van der Waals surface area (Å²) in [6.45, 7) is 0. The molecule has 2 atom stereocenters. The molecule has 13 heavy (non-hydrogen) atoms. The number of fused-ring (bicyclic) bond motifs is 1. The SMILES string of the molecule is O=S1(=O)c2ccccc2[C@H](Cl)[C@H]1Cl. The summed E-state index contributed by atoms with van der Waals surface area (Å²) in [5.41, 5.74) is 0.601. The van der Waals surface area contributed by atoms with Crippen molar-refractivity contribution in [2.24, 2.45) is 0 Å². The highest BCUT2D eigenvalue weighted by atomic mass is 35.5. The Hall–Kier alpha value is -0.250. The van der Waals surface area contributed by atoms with E-state index < -0.39 is 19.9 Å². The first kappa shape index (κ1) is 9.31. The molecule has 5 heteroatoms. The van der Waals surface area contributed by atoms with Crippen molar-refractivity contribution in [2.45, 2.75) is 15.0 Å². The molecule has 0 aromatic heterocycles. The van der Waals surface area contributed by atoms with Crippen LogP contribution in [0.25, 0.3) is 0 Å². The molecule has 70 valence electrons. The van der Waals surface area contributed by atoms with Crippen LogP contribution >= 0.6 is 23.2 Å². The maximum absolute atomic E-state index is 11.6. The van der Waals surface area contributed by atoms with Gasteiger partial charge in [-0.3, -0.25) is 0 Å². The van der Waals surface area contributed by atoms with E-state index in [1.807, 2.05) is 0 Å². The van der Waals surface area contributed by atoms with Crippen molar-refractivity contribution in [3.63, 3.8) is 0 Å². The zero-order chi connectivity index (χ0) is 9.64. The third-order valence-corrected chi connectivity index (χ3v) is 5.62. The van der Waals surface area contributed by atoms with Gasteiger partial charge in [0.05, 0.1) is 10.3 Å². The summed E-state index contributed by atoms with van der Waals surface area (Å²) in [6, 6.07) is 6.63. The summed E-state index contributed by atoms with van der Waals surface area (Å²) in [4.78, 5) is 0.259. The lowest BCUT2D eigenvalue weighted by atomic mass is 10.2. The second kappa shape index (κ2) is 2.87. The quantitative estimate of drug-likeness (QED) is 0.649. The number of rotatable bonds is 0. The van der Waals surface area contributed by atoms with E-state index in [4.69, 9.17) is 23.2 Å². The van der Waals surface area contributed by atoms with Gasteiger partial charge in [0.25, 0.3) is 0 Å². The van der Waals surface area contributed by atoms with E-state index in [2.05, 4.69) is 0 Å². The molecule has 1 aliphatic heterocycles. The zero-order valence-electron chi connectivity index (χ0n) is 6.44. The van der Waals surface area contributed by atoms with Crippen LogP contribution in [0.3, 0.4) is 0 Å². The fourth-order valence-electron chi connectivity index (χ4n) is 1.39. The van der Waals surface area contributed by atoms with Crippen LogP contribution in [0, 0.1) is 0 Å². The summed E-state index contributed by atoms with van der Waals surface area (Å²) in [5, 5.41) is -0.636. The first-order valence-electron chi connectivity index (χ1n) is 3.66. The maximum atomic E-state index is 11.6. The smallest absolute Gasteiger partial charge is 0.197 e. The van der Waals surface area contributed by atoms with Gasteiger partial charge < -0.3 is 0 Å². The van der Waals surface area contributed by atoms with Crippen LogP contribution in [-0.2, 0) is 9.84 Å². The van der Waals surface area contributed by atoms with E-state index in [0.717, 1.165) is 0 Å². The van der Waals surface area contributed by atoms with Crippen LogP contribution in [0.4, 0.5) is 0 Å². The summed E-state index contributed by atoms with van der Waals surface area (Å²) in [5.74, 6) is 0. The largest absolute Gasteiger partial charge is 0.222 e. The van der Waals surface area contributed by atoms with Crippen LogP contribution in [0.2, 0.25) is 0 Å². The molecular weight excluding hydrogens is 231 g/mol. The van der Waals surface area contributed by atoms with Gasteiger partial charge in [0.2, 0.25) is 0 Å². The third-order valence-electron chi connectivity index (χ3n) is 2.05. The normalized spacial score (nSPS) is 30.0. The average Bonchev–Trinajstić information content (AvgIpc) is 2.30. The summed E-state index contributed by atoms with van der Waals surface area (Å²) < 4.78 is 22.1. The Morgan fingerprint density at radius 3 is 2.38 bits per heavy atom. The highest BCUT2D eigenvalue weighted by Crippen LogP contribution is 2.44. The number of hydrogen-bond acceptors (Lipinski definition) is 2. The monoisotopic (exact) mass is 236 g/mol. The highest BCUT2D eigenvalue weighted by Gasteiger charge is 2.42. The first-order valence-corrected chi connectivity index (χ1v) is 6.08. The lowest BCUT2D eigenvalue weighted by Gasteiger charge is -2.02. The van der Waals surface area contributed by atoms with Gasteiger partial charge in [0.15, 0.2) is 14.5 Å². The molecule has 1 aromatic rings. The molecule has 1 aliphatic rings. The van der Waals surface area contributed by atoms with Crippen molar-refractivity contribution in [3.8, 4) is 0 Å². The van der Waals surface area contributed by atoms with Gasteiger partial charge in [0.1, 0.15) is 0 Å². The molecular formula is C8H6Cl2O2S. The van der Waals surface area contributed by atoms with Crippen molar-refractivity contribution in [2.75, 3.05) is 0 Å². The third kappa shape index (κ3) is 1.18. The first-order chi connectivity index (χ1) is 6.05. The second-order valence-corrected chi connectivity index (χ2v) is 6.07. The molecule has 0 aliphatic carbocycles. The molecule has 2 nitrogen and oxygen atoms in total. The zero-order valence-corrected chi connectivity index (χ0v) is 8.77. The fraction of sp³-hybridized carbons (Fsp3) is 0.250. The van der Waals surface area contributed by atoms with Gasteiger partial charge >= 0.3 is 0 Å². The van der Waals surface area contributed by atoms with Gasteiger partial charge in [-0.15, -0.1) is 23.2 Å². The summed E-state index contributed by atoms with van der Waals surface area (Å²) >= 11 is 11.6. The van der Waals surface area contributed by atoms with E-state index in [1.54, 1.807) is 18.2 Å². The summed E-state index contributed by atoms with van der Waals surface area (Å²) in [7, 11) is -3.40. The molecule has 0 saturated heterocycles. The van der Waals surface area contributed by atoms with E-state index in [1.165, 1.54) is 6.07 Å². The molecule has 0 spiro atoms. The average molecular weight is 237 g/mol. The van der Waals surface area contributed by atoms with Crippen molar-refractivity contribution in [1.82, 2.24) is 0 Å². The lowest BCUT2D eigenvalue weighted by Crippen LogP contribution is -2.10. The van der Waals surface area contributed by atoms with Crippen molar-refractivity contribution in [1.29, 1.82) is 0 Å². The standard InChI is InChI=1S/C8H6Cl2O2S/c9-7-5-3-1-2-4-6(5)13(11,12)8(7)10/h1-4,7-8H/t7-,8-/m0/s1. The van der Waals surface area contributed by atoms with Crippen LogP contribution < -0.4 is 0 Å². The van der Waals surface area contributed by atoms with Gasteiger partial charge in [-0.05, 0) is 11.6 Å². The highest BCUT2D eigenvalue weighted by molar-refractivity contribution is 7.93. The Morgan fingerprint density at radius 1 is 1.15 bits per heavy atom. The lowest BCUT2D eigenvalue weighted by molar-refractivity contribution is 0.597. The van der Waals surface area contributed by atoms with Gasteiger partial charge in [0, 0.05) is 0 Å². The topological polar surface area (TPSA) is 34.1 Å². The number of halogens is 2. The molecule has 1 heterocycles. The predicted octanol–water partition coefficient (Wildman–Crippen LogP) is 2.32.